The van der Waals surface area contributed by atoms with Crippen LogP contribution in [-0.4, -0.2) is 55.9 Å². The van der Waals surface area contributed by atoms with Crippen molar-refractivity contribution in [3.8, 4) is 5.75 Å². The molecule has 1 amide bonds. The molecule has 2 aliphatic rings. The maximum Gasteiger partial charge on any atom is 0.413 e. The molecule has 1 aliphatic carbocycles. The molecule has 0 radical (unpaired) electrons. The highest BCUT2D eigenvalue weighted by Crippen LogP contribution is 2.34. The minimum atomic E-state index is -3.56. The second-order valence-corrected chi connectivity index (χ2v) is 8.16. The molecule has 1 saturated carbocycles. The molecule has 0 atom stereocenters. The Hall–Kier alpha value is -2.55. The number of methoxy groups -OCH3 is 2. The summed E-state index contributed by atoms with van der Waals surface area (Å²) >= 11 is 0. The molecule has 1 aromatic carbocycles. The van der Waals surface area contributed by atoms with E-state index in [4.69, 9.17) is 9.47 Å². The van der Waals surface area contributed by atoms with E-state index in [9.17, 15) is 13.2 Å². The average molecular weight is 379 g/mol. The zero-order valence-electron chi connectivity index (χ0n) is 14.7. The summed E-state index contributed by atoms with van der Waals surface area (Å²) in [6.45, 7) is 0.358. The normalized spacial score (nSPS) is 16.8. The number of aliphatic imine (C=N–C) groups is 1. The highest BCUT2D eigenvalue weighted by Gasteiger charge is 2.41. The molecule has 0 bridgehead atoms. The Labute approximate surface area is 152 Å². The number of carbonyl (C=O) groups is 1. The van der Waals surface area contributed by atoms with Crippen molar-refractivity contribution in [2.24, 2.45) is 4.99 Å². The number of hydrogen-bond donors (Lipinski definition) is 0. The van der Waals surface area contributed by atoms with Crippen molar-refractivity contribution in [2.75, 3.05) is 20.8 Å². The van der Waals surface area contributed by atoms with E-state index in [0.29, 0.717) is 18.6 Å². The summed E-state index contributed by atoms with van der Waals surface area (Å²) in [6, 6.07) is 7.16. The number of ether oxygens (including phenoxy) is 2. The summed E-state index contributed by atoms with van der Waals surface area (Å²) in [7, 11) is -0.709. The van der Waals surface area contributed by atoms with Gasteiger partial charge in [0.1, 0.15) is 5.75 Å². The molecule has 3 rings (SSSR count). The van der Waals surface area contributed by atoms with Gasteiger partial charge in [0, 0.05) is 6.21 Å². The van der Waals surface area contributed by atoms with Crippen LogP contribution in [0.4, 0.5) is 4.79 Å². The lowest BCUT2D eigenvalue weighted by Gasteiger charge is -2.28. The molecule has 0 spiro atoms. The van der Waals surface area contributed by atoms with Gasteiger partial charge in [-0.1, -0.05) is 12.1 Å². The third-order valence-corrected chi connectivity index (χ3v) is 6.42. The van der Waals surface area contributed by atoms with E-state index in [2.05, 4.69) is 4.99 Å². The van der Waals surface area contributed by atoms with Crippen molar-refractivity contribution in [3.05, 3.63) is 41.8 Å². The number of benzene rings is 1. The first-order valence-corrected chi connectivity index (χ1v) is 9.69. The van der Waals surface area contributed by atoms with Crippen LogP contribution in [0, 0.1) is 0 Å². The molecular weight excluding hydrogens is 358 g/mol. The second-order valence-electron chi connectivity index (χ2n) is 6.02. The fourth-order valence-electron chi connectivity index (χ4n) is 2.56. The molecule has 0 unspecified atom stereocenters. The quantitative estimate of drug-likeness (QED) is 0.754. The minimum Gasteiger partial charge on any atom is -0.497 e. The van der Waals surface area contributed by atoms with Gasteiger partial charge in [0.15, 0.2) is 5.82 Å². The van der Waals surface area contributed by atoms with E-state index >= 15 is 0 Å². The summed E-state index contributed by atoms with van der Waals surface area (Å²) in [5.41, 5.74) is 0.793. The molecule has 9 heteroatoms. The first-order valence-electron chi connectivity index (χ1n) is 8.19. The van der Waals surface area contributed by atoms with Crippen molar-refractivity contribution >= 4 is 22.3 Å². The molecule has 1 heterocycles. The summed E-state index contributed by atoms with van der Waals surface area (Å²) in [5.74, 6) is 0.890. The molecule has 1 aromatic rings. The summed E-state index contributed by atoms with van der Waals surface area (Å²) < 4.78 is 36.9. The fourth-order valence-corrected chi connectivity index (χ4v) is 4.34. The fraction of sp³-hybridized carbons (Fsp3) is 0.412. The topological polar surface area (TPSA) is 88.5 Å². The van der Waals surface area contributed by atoms with E-state index in [1.54, 1.807) is 31.4 Å². The van der Waals surface area contributed by atoms with Crippen LogP contribution in [0.5, 0.6) is 5.75 Å². The van der Waals surface area contributed by atoms with Crippen LogP contribution in [0.3, 0.4) is 0 Å². The van der Waals surface area contributed by atoms with Crippen LogP contribution in [0.15, 0.2) is 41.3 Å². The summed E-state index contributed by atoms with van der Waals surface area (Å²) in [4.78, 5) is 17.3. The number of hydrogen-bond acceptors (Lipinski definition) is 6. The zero-order valence-corrected chi connectivity index (χ0v) is 15.5. The molecule has 0 N–H and O–H groups in total. The Kier molecular flexibility index (Phi) is 5.17. The van der Waals surface area contributed by atoms with Gasteiger partial charge in [-0.2, -0.15) is 0 Å². The lowest BCUT2D eigenvalue weighted by molar-refractivity contribution is 0.143. The maximum absolute atomic E-state index is 12.9. The van der Waals surface area contributed by atoms with E-state index in [0.717, 1.165) is 5.56 Å². The van der Waals surface area contributed by atoms with Gasteiger partial charge in [0.2, 0.25) is 10.0 Å². The lowest BCUT2D eigenvalue weighted by atomic mass is 10.2. The molecular formula is C17H21N3O5S. The van der Waals surface area contributed by atoms with Gasteiger partial charge in [0.25, 0.3) is 0 Å². The Bertz CT molecular complexity index is 828. The van der Waals surface area contributed by atoms with Crippen molar-refractivity contribution < 1.29 is 22.7 Å². The van der Waals surface area contributed by atoms with Crippen molar-refractivity contribution in [3.63, 3.8) is 0 Å². The summed E-state index contributed by atoms with van der Waals surface area (Å²) in [6.07, 6.45) is 3.62. The number of rotatable bonds is 6. The van der Waals surface area contributed by atoms with Crippen LogP contribution >= 0.6 is 0 Å². The SMILES string of the molecule is COC(=O)N1C=C(N(Cc2ccc(OC)cc2)S(=O)(=O)C2CC2)N=CC1. The lowest BCUT2D eigenvalue weighted by Crippen LogP contribution is -2.37. The van der Waals surface area contributed by atoms with Crippen LogP contribution in [0.2, 0.25) is 0 Å². The number of carbonyl (C=O) groups excluding carboxylic acids is 1. The molecule has 0 aromatic heterocycles. The first kappa shape index (κ1) is 18.2. The average Bonchev–Trinajstić information content (AvgIpc) is 3.51. The van der Waals surface area contributed by atoms with Crippen LogP contribution in [0.1, 0.15) is 18.4 Å². The van der Waals surface area contributed by atoms with Crippen LogP contribution in [0.25, 0.3) is 0 Å². The highest BCUT2D eigenvalue weighted by atomic mass is 32.2. The number of nitrogens with zero attached hydrogens (tertiary/aromatic N) is 3. The Morgan fingerprint density at radius 1 is 1.27 bits per heavy atom. The standard InChI is InChI=1S/C17H21N3O5S/c1-24-14-5-3-13(4-6-14)11-20(26(22,23)15-7-8-15)16-12-19(10-9-18-16)17(21)25-2/h3-6,9,12,15H,7-8,10-11H2,1-2H3. The van der Waals surface area contributed by atoms with E-state index < -0.39 is 21.4 Å². The smallest absolute Gasteiger partial charge is 0.413 e. The number of sulfonamides is 1. The Morgan fingerprint density at radius 3 is 2.54 bits per heavy atom. The van der Waals surface area contributed by atoms with Gasteiger partial charge in [-0.25, -0.2) is 22.5 Å². The van der Waals surface area contributed by atoms with Crippen molar-refractivity contribution in [1.29, 1.82) is 0 Å². The predicted molar refractivity (Wildman–Crippen MR) is 96.2 cm³/mol. The predicted octanol–water partition coefficient (Wildman–Crippen LogP) is 1.94. The minimum absolute atomic E-state index is 0.126. The van der Waals surface area contributed by atoms with Crippen LogP contribution in [-0.2, 0) is 21.3 Å². The van der Waals surface area contributed by atoms with Gasteiger partial charge in [-0.15, -0.1) is 0 Å². The third-order valence-electron chi connectivity index (χ3n) is 4.18. The third kappa shape index (κ3) is 3.82. The zero-order chi connectivity index (χ0) is 18.7. The molecule has 0 saturated heterocycles. The molecule has 8 nitrogen and oxygen atoms in total. The van der Waals surface area contributed by atoms with E-state index in [1.165, 1.54) is 28.7 Å². The van der Waals surface area contributed by atoms with Gasteiger partial charge in [-0.05, 0) is 30.5 Å². The van der Waals surface area contributed by atoms with Gasteiger partial charge in [-0.3, -0.25) is 4.90 Å². The molecule has 1 aliphatic heterocycles. The Morgan fingerprint density at radius 2 is 1.96 bits per heavy atom. The largest absolute Gasteiger partial charge is 0.497 e. The monoisotopic (exact) mass is 379 g/mol. The van der Waals surface area contributed by atoms with Crippen molar-refractivity contribution in [1.82, 2.24) is 9.21 Å². The van der Waals surface area contributed by atoms with E-state index in [-0.39, 0.29) is 18.9 Å². The molecule has 1 fully saturated rings. The highest BCUT2D eigenvalue weighted by molar-refractivity contribution is 7.90. The second kappa shape index (κ2) is 7.36. The first-order chi connectivity index (χ1) is 12.5. The van der Waals surface area contributed by atoms with Gasteiger partial charge in [0.05, 0.1) is 38.8 Å². The van der Waals surface area contributed by atoms with E-state index in [1.807, 2.05) is 0 Å². The Balaban J connectivity index is 1.91. The molecule has 26 heavy (non-hydrogen) atoms. The van der Waals surface area contributed by atoms with Gasteiger partial charge < -0.3 is 9.47 Å². The maximum atomic E-state index is 12.9. The molecule has 140 valence electrons. The van der Waals surface area contributed by atoms with Gasteiger partial charge >= 0.3 is 6.09 Å². The van der Waals surface area contributed by atoms with Crippen LogP contribution < -0.4 is 4.74 Å². The number of amides is 1. The van der Waals surface area contributed by atoms with Crippen molar-refractivity contribution in [2.45, 2.75) is 24.6 Å². The summed E-state index contributed by atoms with van der Waals surface area (Å²) in [5, 5.41) is -0.398.